The van der Waals surface area contributed by atoms with Gasteiger partial charge in [-0.2, -0.15) is 5.10 Å². The zero-order chi connectivity index (χ0) is 23.2. The highest BCUT2D eigenvalue weighted by atomic mass is 16.2. The van der Waals surface area contributed by atoms with Crippen molar-refractivity contribution in [2.24, 2.45) is 7.05 Å². The van der Waals surface area contributed by atoms with Crippen molar-refractivity contribution in [2.75, 3.05) is 17.7 Å². The first-order chi connectivity index (χ1) is 15.2. The molecular formula is C22H23N7O3. The predicted molar refractivity (Wildman–Crippen MR) is 122 cm³/mol. The third kappa shape index (κ3) is 3.45. The number of aromatic nitrogens is 5. The number of H-pyrrole nitrogens is 1. The van der Waals surface area contributed by atoms with E-state index >= 15 is 0 Å². The minimum atomic E-state index is -0.738. The van der Waals surface area contributed by atoms with Crippen molar-refractivity contribution in [3.63, 3.8) is 0 Å². The van der Waals surface area contributed by atoms with Gasteiger partial charge in [0, 0.05) is 19.8 Å². The summed E-state index contributed by atoms with van der Waals surface area (Å²) < 4.78 is 2.84. The van der Waals surface area contributed by atoms with E-state index in [-0.39, 0.29) is 18.1 Å². The summed E-state index contributed by atoms with van der Waals surface area (Å²) in [6.07, 6.45) is 0. The summed E-state index contributed by atoms with van der Waals surface area (Å²) in [5.41, 5.74) is 7.77. The highest BCUT2D eigenvalue weighted by Crippen LogP contribution is 2.25. The maximum atomic E-state index is 13.5. The molecule has 0 saturated carbocycles. The summed E-state index contributed by atoms with van der Waals surface area (Å²) in [4.78, 5) is 46.5. The molecule has 10 nitrogen and oxygen atoms in total. The van der Waals surface area contributed by atoms with Gasteiger partial charge in [0.05, 0.1) is 23.2 Å². The van der Waals surface area contributed by atoms with Crippen molar-refractivity contribution in [1.29, 1.82) is 0 Å². The number of carbonyl (C=O) groups is 1. The molecule has 0 atom stereocenters. The Morgan fingerprint density at radius 3 is 2.56 bits per heavy atom. The Balaban J connectivity index is 1.84. The molecule has 4 rings (SSSR count). The molecule has 32 heavy (non-hydrogen) atoms. The number of hydrogen-bond acceptors (Lipinski definition) is 6. The number of hydrogen-bond donors (Lipinski definition) is 2. The van der Waals surface area contributed by atoms with E-state index < -0.39 is 17.2 Å². The van der Waals surface area contributed by atoms with E-state index in [0.717, 1.165) is 10.5 Å². The Kier molecular flexibility index (Phi) is 5.13. The normalized spacial score (nSPS) is 11.1. The highest BCUT2D eigenvalue weighted by Gasteiger charge is 2.25. The van der Waals surface area contributed by atoms with Gasteiger partial charge in [0.1, 0.15) is 5.82 Å². The monoisotopic (exact) mass is 433 g/mol. The second-order valence-corrected chi connectivity index (χ2v) is 7.65. The van der Waals surface area contributed by atoms with Gasteiger partial charge in [-0.05, 0) is 25.5 Å². The van der Waals surface area contributed by atoms with Crippen LogP contribution in [0.5, 0.6) is 0 Å². The molecule has 0 spiro atoms. The fourth-order valence-corrected chi connectivity index (χ4v) is 3.85. The largest absolute Gasteiger partial charge is 0.383 e. The smallest absolute Gasteiger partial charge is 0.330 e. The molecule has 0 radical (unpaired) electrons. The van der Waals surface area contributed by atoms with E-state index in [4.69, 9.17) is 5.73 Å². The Bertz CT molecular complexity index is 1470. The second kappa shape index (κ2) is 7.80. The number of benzene rings is 1. The third-order valence-corrected chi connectivity index (χ3v) is 5.36. The quantitative estimate of drug-likeness (QED) is 0.499. The molecule has 3 aromatic heterocycles. The van der Waals surface area contributed by atoms with Crippen molar-refractivity contribution in [1.82, 2.24) is 24.3 Å². The first kappa shape index (κ1) is 21.0. The van der Waals surface area contributed by atoms with E-state index in [1.807, 2.05) is 30.3 Å². The molecule has 0 saturated heterocycles. The van der Waals surface area contributed by atoms with Crippen LogP contribution < -0.4 is 21.9 Å². The van der Waals surface area contributed by atoms with Crippen LogP contribution in [-0.4, -0.2) is 37.3 Å². The van der Waals surface area contributed by atoms with Gasteiger partial charge in [0.15, 0.2) is 11.3 Å². The Morgan fingerprint density at radius 2 is 1.88 bits per heavy atom. The van der Waals surface area contributed by atoms with Crippen molar-refractivity contribution in [3.8, 4) is 0 Å². The van der Waals surface area contributed by atoms with Crippen LogP contribution in [0.15, 0.2) is 46.0 Å². The summed E-state index contributed by atoms with van der Waals surface area (Å²) in [5, 5.41) is 4.96. The lowest BCUT2D eigenvalue weighted by molar-refractivity contribution is 0.0994. The number of nitrogens with two attached hydrogens (primary N) is 1. The zero-order valence-electron chi connectivity index (χ0n) is 18.2. The van der Waals surface area contributed by atoms with E-state index in [0.29, 0.717) is 28.0 Å². The number of nitrogens with zero attached hydrogens (tertiary/aromatic N) is 5. The number of nitrogens with one attached hydrogen (secondary N) is 1. The standard InChI is InChI=1S/C22H23N7O3/c1-12-10-15(16-13(2)26-28(4)19(16)24-12)21(31)27(3)17-18(23)29(22(32)25-20(17)30)11-14-8-6-5-7-9-14/h5-10H,11,23H2,1-4H3,(H,25,30,32). The van der Waals surface area contributed by atoms with Crippen LogP contribution in [0, 0.1) is 13.8 Å². The number of aromatic amines is 1. The van der Waals surface area contributed by atoms with E-state index in [9.17, 15) is 14.4 Å². The van der Waals surface area contributed by atoms with Crippen molar-refractivity contribution < 1.29 is 4.79 Å². The number of aryl methyl sites for hydroxylation is 3. The fraction of sp³-hybridized carbons (Fsp3) is 0.227. The van der Waals surface area contributed by atoms with Gasteiger partial charge in [-0.1, -0.05) is 30.3 Å². The van der Waals surface area contributed by atoms with E-state index in [2.05, 4.69) is 15.1 Å². The topological polar surface area (TPSA) is 132 Å². The van der Waals surface area contributed by atoms with Gasteiger partial charge in [-0.3, -0.25) is 23.8 Å². The molecule has 0 fully saturated rings. The van der Waals surface area contributed by atoms with Gasteiger partial charge in [0.25, 0.3) is 11.5 Å². The van der Waals surface area contributed by atoms with Gasteiger partial charge in [-0.15, -0.1) is 0 Å². The summed E-state index contributed by atoms with van der Waals surface area (Å²) in [7, 11) is 3.20. The number of rotatable bonds is 4. The van der Waals surface area contributed by atoms with Crippen LogP contribution in [-0.2, 0) is 13.6 Å². The lowest BCUT2D eigenvalue weighted by Gasteiger charge is -2.21. The first-order valence-corrected chi connectivity index (χ1v) is 9.94. The summed E-state index contributed by atoms with van der Waals surface area (Å²) in [5.74, 6) is -0.554. The molecule has 0 aliphatic carbocycles. The van der Waals surface area contributed by atoms with Crippen molar-refractivity contribution in [3.05, 3.63) is 79.8 Å². The average Bonchev–Trinajstić information content (AvgIpc) is 3.03. The summed E-state index contributed by atoms with van der Waals surface area (Å²) >= 11 is 0. The molecule has 10 heteroatoms. The lowest BCUT2D eigenvalue weighted by atomic mass is 10.1. The molecule has 1 amide bonds. The zero-order valence-corrected chi connectivity index (χ0v) is 18.2. The number of anilines is 2. The maximum Gasteiger partial charge on any atom is 0.330 e. The molecule has 0 unspecified atom stereocenters. The van der Waals surface area contributed by atoms with Crippen LogP contribution in [0.3, 0.4) is 0 Å². The summed E-state index contributed by atoms with van der Waals surface area (Å²) in [6.45, 7) is 3.72. The Labute approximate surface area is 182 Å². The number of nitrogen functional groups attached to an aromatic ring is 1. The van der Waals surface area contributed by atoms with Gasteiger partial charge < -0.3 is 10.6 Å². The average molecular weight is 433 g/mol. The second-order valence-electron chi connectivity index (χ2n) is 7.65. The van der Waals surface area contributed by atoms with Gasteiger partial charge in [0.2, 0.25) is 0 Å². The Hall–Kier alpha value is -4.21. The van der Waals surface area contributed by atoms with Crippen LogP contribution in [0.1, 0.15) is 27.3 Å². The molecule has 1 aromatic carbocycles. The van der Waals surface area contributed by atoms with E-state index in [1.165, 1.54) is 11.6 Å². The molecule has 4 aromatic rings. The molecule has 3 N–H and O–H groups in total. The summed E-state index contributed by atoms with van der Waals surface area (Å²) in [6, 6.07) is 10.9. The highest BCUT2D eigenvalue weighted by molar-refractivity contribution is 6.14. The molecule has 0 bridgehead atoms. The van der Waals surface area contributed by atoms with Crippen LogP contribution in [0.2, 0.25) is 0 Å². The van der Waals surface area contributed by atoms with Crippen LogP contribution in [0.25, 0.3) is 11.0 Å². The molecule has 0 aliphatic rings. The molecule has 164 valence electrons. The molecule has 3 heterocycles. The van der Waals surface area contributed by atoms with Gasteiger partial charge >= 0.3 is 5.69 Å². The maximum absolute atomic E-state index is 13.5. The van der Waals surface area contributed by atoms with E-state index in [1.54, 1.807) is 31.6 Å². The van der Waals surface area contributed by atoms with Gasteiger partial charge in [-0.25, -0.2) is 9.78 Å². The minimum absolute atomic E-state index is 0.0941. The first-order valence-electron chi connectivity index (χ1n) is 9.94. The number of carbonyl (C=O) groups excluding carboxylic acids is 1. The Morgan fingerprint density at radius 1 is 1.19 bits per heavy atom. The van der Waals surface area contributed by atoms with Crippen LogP contribution in [0.4, 0.5) is 11.5 Å². The third-order valence-electron chi connectivity index (χ3n) is 5.36. The van der Waals surface area contributed by atoms with Crippen molar-refractivity contribution in [2.45, 2.75) is 20.4 Å². The minimum Gasteiger partial charge on any atom is -0.383 e. The number of amides is 1. The predicted octanol–water partition coefficient (Wildman–Crippen LogP) is 1.34. The fourth-order valence-electron chi connectivity index (χ4n) is 3.85. The van der Waals surface area contributed by atoms with Crippen LogP contribution >= 0.6 is 0 Å². The SMILES string of the molecule is Cc1cc(C(=O)N(C)c2c(N)n(Cc3ccccc3)c(=O)[nH]c2=O)c2c(C)nn(C)c2n1. The molecule has 0 aliphatic heterocycles. The molecular weight excluding hydrogens is 410 g/mol. The number of pyridine rings is 1. The van der Waals surface area contributed by atoms with Crippen molar-refractivity contribution >= 4 is 28.4 Å². The number of fused-ring (bicyclic) bond motifs is 1. The lowest BCUT2D eigenvalue weighted by Crippen LogP contribution is -2.39.